The lowest BCUT2D eigenvalue weighted by Crippen LogP contribution is -2.43. The number of carbonyl (C=O) groups excluding carboxylic acids is 2. The van der Waals surface area contributed by atoms with Crippen LogP contribution < -0.4 is 11.2 Å². The Morgan fingerprint density at radius 2 is 1.95 bits per heavy atom. The lowest BCUT2D eigenvalue weighted by Gasteiger charge is -2.17. The molecule has 0 N–H and O–H groups in total. The molecule has 1 aliphatic rings. The molecule has 1 fully saturated rings. The van der Waals surface area contributed by atoms with Gasteiger partial charge in [-0.3, -0.25) is 23.5 Å². The fourth-order valence-corrected chi connectivity index (χ4v) is 2.00. The van der Waals surface area contributed by atoms with Crippen LogP contribution in [0.5, 0.6) is 0 Å². The molecule has 7 heteroatoms. The molecule has 1 heterocycles. The summed E-state index contributed by atoms with van der Waals surface area (Å²) in [5.74, 6) is -0.634. The van der Waals surface area contributed by atoms with Crippen LogP contribution in [0.3, 0.4) is 0 Å². The number of nitrogens with zero attached hydrogens (tertiary/aromatic N) is 3. The van der Waals surface area contributed by atoms with Gasteiger partial charge < -0.3 is 4.90 Å². The number of likely N-dealkylation sites (N-methyl/N-ethyl adjacent to an activating group) is 1. The van der Waals surface area contributed by atoms with Crippen LogP contribution in [0, 0.1) is 0 Å². The molecule has 1 aromatic heterocycles. The molecule has 0 bridgehead atoms. The maximum absolute atomic E-state index is 12.0. The topological polar surface area (TPSA) is 81.4 Å². The maximum atomic E-state index is 12.0. The molecule has 0 atom stereocenters. The maximum Gasteiger partial charge on any atom is 0.331 e. The van der Waals surface area contributed by atoms with Crippen molar-refractivity contribution < 1.29 is 9.59 Å². The minimum absolute atomic E-state index is 0.0889. The second kappa shape index (κ2) is 5.07. The van der Waals surface area contributed by atoms with Gasteiger partial charge >= 0.3 is 5.69 Å². The highest BCUT2D eigenvalue weighted by molar-refractivity contribution is 5.93. The van der Waals surface area contributed by atoms with Crippen molar-refractivity contribution in [2.75, 3.05) is 7.05 Å². The summed E-state index contributed by atoms with van der Waals surface area (Å²) in [4.78, 5) is 48.7. The van der Waals surface area contributed by atoms with E-state index in [0.717, 1.165) is 22.0 Å². The molecule has 1 amide bonds. The zero-order valence-corrected chi connectivity index (χ0v) is 11.8. The first-order chi connectivity index (χ1) is 9.32. The van der Waals surface area contributed by atoms with Crippen molar-refractivity contribution in [3.05, 3.63) is 32.6 Å². The van der Waals surface area contributed by atoms with E-state index in [1.165, 1.54) is 20.2 Å². The summed E-state index contributed by atoms with van der Waals surface area (Å²) in [6.07, 6.45) is 3.12. The van der Waals surface area contributed by atoms with Crippen LogP contribution in [0.15, 0.2) is 15.8 Å². The van der Waals surface area contributed by atoms with Gasteiger partial charge in [-0.2, -0.15) is 0 Å². The van der Waals surface area contributed by atoms with Crippen molar-refractivity contribution in [3.63, 3.8) is 0 Å². The second-order valence-corrected chi connectivity index (χ2v) is 5.11. The van der Waals surface area contributed by atoms with Crippen molar-refractivity contribution in [2.24, 2.45) is 7.05 Å². The van der Waals surface area contributed by atoms with Gasteiger partial charge in [0.2, 0.25) is 5.91 Å². The van der Waals surface area contributed by atoms with E-state index in [2.05, 4.69) is 0 Å². The molecule has 0 unspecified atom stereocenters. The van der Waals surface area contributed by atoms with E-state index in [-0.39, 0.29) is 24.1 Å². The number of rotatable bonds is 4. The van der Waals surface area contributed by atoms with E-state index < -0.39 is 17.0 Å². The lowest BCUT2D eigenvalue weighted by atomic mass is 10.2. The van der Waals surface area contributed by atoms with Crippen molar-refractivity contribution in [3.8, 4) is 0 Å². The summed E-state index contributed by atoms with van der Waals surface area (Å²) in [7, 11) is 2.99. The van der Waals surface area contributed by atoms with Crippen LogP contribution in [-0.4, -0.2) is 38.8 Å². The molecule has 7 nitrogen and oxygen atoms in total. The minimum atomic E-state index is -0.637. The number of hydrogen-bond donors (Lipinski definition) is 0. The molecule has 0 radical (unpaired) electrons. The number of carbonyl (C=O) groups is 2. The van der Waals surface area contributed by atoms with Gasteiger partial charge in [0, 0.05) is 26.3 Å². The molecular formula is C13H17N3O4. The normalized spacial score (nSPS) is 14.2. The summed E-state index contributed by atoms with van der Waals surface area (Å²) < 4.78 is 1.96. The first kappa shape index (κ1) is 14.2. The van der Waals surface area contributed by atoms with Gasteiger partial charge in [-0.05, 0) is 19.8 Å². The Kier molecular flexibility index (Phi) is 3.61. The average molecular weight is 279 g/mol. The van der Waals surface area contributed by atoms with Crippen molar-refractivity contribution >= 4 is 11.7 Å². The van der Waals surface area contributed by atoms with Gasteiger partial charge in [-0.25, -0.2) is 4.79 Å². The highest BCUT2D eigenvalue weighted by Gasteiger charge is 2.29. The number of aromatic nitrogens is 2. The van der Waals surface area contributed by atoms with Gasteiger partial charge in [0.25, 0.3) is 5.56 Å². The highest BCUT2D eigenvalue weighted by atomic mass is 16.2. The molecule has 1 saturated carbocycles. The number of Topliss-reactive ketones (excluding diaryl/α,β-unsaturated/α-hetero) is 1. The van der Waals surface area contributed by atoms with Gasteiger partial charge in [0.1, 0.15) is 6.54 Å². The van der Waals surface area contributed by atoms with Gasteiger partial charge in [-0.1, -0.05) is 0 Å². The van der Waals surface area contributed by atoms with Crippen molar-refractivity contribution in [1.82, 2.24) is 14.0 Å². The predicted molar refractivity (Wildman–Crippen MR) is 71.7 cm³/mol. The Bertz CT molecular complexity index is 682. The quantitative estimate of drug-likeness (QED) is 0.687. The first-order valence-corrected chi connectivity index (χ1v) is 6.40. The molecule has 0 saturated heterocycles. The third kappa shape index (κ3) is 2.56. The van der Waals surface area contributed by atoms with Gasteiger partial charge in [0.05, 0.1) is 5.56 Å². The van der Waals surface area contributed by atoms with Crippen LogP contribution >= 0.6 is 0 Å². The molecule has 0 aromatic carbocycles. The second-order valence-electron chi connectivity index (χ2n) is 5.11. The molecular weight excluding hydrogens is 262 g/mol. The summed E-state index contributed by atoms with van der Waals surface area (Å²) in [5, 5.41) is 0. The highest BCUT2D eigenvalue weighted by Crippen LogP contribution is 2.25. The molecule has 0 aliphatic heterocycles. The third-order valence-electron chi connectivity index (χ3n) is 3.53. The van der Waals surface area contributed by atoms with Crippen LogP contribution in [0.4, 0.5) is 0 Å². The van der Waals surface area contributed by atoms with Crippen LogP contribution in [0.1, 0.15) is 30.1 Å². The molecule has 1 aliphatic carbocycles. The van der Waals surface area contributed by atoms with Gasteiger partial charge in [-0.15, -0.1) is 0 Å². The number of hydrogen-bond acceptors (Lipinski definition) is 4. The van der Waals surface area contributed by atoms with Crippen LogP contribution in [0.2, 0.25) is 0 Å². The van der Waals surface area contributed by atoms with E-state index in [4.69, 9.17) is 0 Å². The fourth-order valence-electron chi connectivity index (χ4n) is 2.00. The van der Waals surface area contributed by atoms with E-state index in [0.29, 0.717) is 0 Å². The average Bonchev–Trinajstić information content (AvgIpc) is 3.22. The van der Waals surface area contributed by atoms with E-state index >= 15 is 0 Å². The number of amides is 1. The molecule has 1 aromatic rings. The smallest absolute Gasteiger partial charge is 0.331 e. The zero-order chi connectivity index (χ0) is 15.0. The summed E-state index contributed by atoms with van der Waals surface area (Å²) >= 11 is 0. The van der Waals surface area contributed by atoms with E-state index in [1.807, 2.05) is 0 Å². The predicted octanol–water partition coefficient (Wildman–Crippen LogP) is -0.630. The van der Waals surface area contributed by atoms with Gasteiger partial charge in [0.15, 0.2) is 5.78 Å². The SMILES string of the molecule is CC(=O)c1cn(CC(=O)N(C)C2CC2)c(=O)n(C)c1=O. The third-order valence-corrected chi connectivity index (χ3v) is 3.53. The zero-order valence-electron chi connectivity index (χ0n) is 11.8. The summed E-state index contributed by atoms with van der Waals surface area (Å²) in [6, 6.07) is 0.248. The van der Waals surface area contributed by atoms with Crippen molar-refractivity contribution in [1.29, 1.82) is 0 Å². The standard InChI is InChI=1S/C13H17N3O4/c1-8(17)10-6-16(13(20)15(3)12(10)19)7-11(18)14(2)9-4-5-9/h6,9H,4-5,7H2,1-3H3. The summed E-state index contributed by atoms with van der Waals surface area (Å²) in [5.41, 5.74) is -1.33. The monoisotopic (exact) mass is 279 g/mol. The Hall–Kier alpha value is -2.18. The molecule has 20 heavy (non-hydrogen) atoms. The Morgan fingerprint density at radius 1 is 1.35 bits per heavy atom. The molecule has 108 valence electrons. The van der Waals surface area contributed by atoms with E-state index in [9.17, 15) is 19.2 Å². The number of ketones is 1. The minimum Gasteiger partial charge on any atom is -0.341 e. The van der Waals surface area contributed by atoms with Crippen LogP contribution in [-0.2, 0) is 18.4 Å². The largest absolute Gasteiger partial charge is 0.341 e. The molecule has 2 rings (SSSR count). The Morgan fingerprint density at radius 3 is 2.45 bits per heavy atom. The lowest BCUT2D eigenvalue weighted by molar-refractivity contribution is -0.131. The van der Waals surface area contributed by atoms with Crippen molar-refractivity contribution in [2.45, 2.75) is 32.4 Å². The van der Waals surface area contributed by atoms with E-state index in [1.54, 1.807) is 11.9 Å². The first-order valence-electron chi connectivity index (χ1n) is 6.40. The van der Waals surface area contributed by atoms with Crippen LogP contribution in [0.25, 0.3) is 0 Å². The summed E-state index contributed by atoms with van der Waals surface area (Å²) in [6.45, 7) is 1.09. The Labute approximate surface area is 115 Å². The fraction of sp³-hybridized carbons (Fsp3) is 0.538. The molecule has 0 spiro atoms. The Balaban J connectivity index is 2.36.